The normalized spacial score (nSPS) is 10.5. The first-order chi connectivity index (χ1) is 7.99. The molecule has 88 valence electrons. The Balaban J connectivity index is 2.57. The molecule has 17 heavy (non-hydrogen) atoms. The average Bonchev–Trinajstić information content (AvgIpc) is 2.29. The minimum absolute atomic E-state index is 0.278. The molecule has 0 bridgehead atoms. The van der Waals surface area contributed by atoms with Crippen molar-refractivity contribution in [2.75, 3.05) is 0 Å². The molecule has 2 nitrogen and oxygen atoms in total. The van der Waals surface area contributed by atoms with Crippen molar-refractivity contribution >= 4 is 0 Å². The SMILES string of the molecule is Cc1ccc(-c2cc(C)c(C)c(O)c2)cc1O. The van der Waals surface area contributed by atoms with Gasteiger partial charge in [-0.3, -0.25) is 0 Å². The maximum Gasteiger partial charge on any atom is 0.119 e. The van der Waals surface area contributed by atoms with Crippen molar-refractivity contribution in [2.45, 2.75) is 20.8 Å². The number of aryl methyl sites for hydroxylation is 2. The molecule has 0 aliphatic carbocycles. The van der Waals surface area contributed by atoms with E-state index in [4.69, 9.17) is 0 Å². The summed E-state index contributed by atoms with van der Waals surface area (Å²) in [6, 6.07) is 9.28. The Morgan fingerprint density at radius 3 is 1.94 bits per heavy atom. The van der Waals surface area contributed by atoms with Gasteiger partial charge in [0, 0.05) is 0 Å². The zero-order valence-corrected chi connectivity index (χ0v) is 10.3. The number of phenols is 2. The van der Waals surface area contributed by atoms with E-state index >= 15 is 0 Å². The van der Waals surface area contributed by atoms with E-state index < -0.39 is 0 Å². The second kappa shape index (κ2) is 4.13. The number of phenolic OH excluding ortho intramolecular Hbond substituents is 2. The first-order valence-corrected chi connectivity index (χ1v) is 5.59. The maximum absolute atomic E-state index is 9.80. The summed E-state index contributed by atoms with van der Waals surface area (Å²) in [5.41, 5.74) is 4.61. The topological polar surface area (TPSA) is 40.5 Å². The van der Waals surface area contributed by atoms with Crippen LogP contribution in [0.4, 0.5) is 0 Å². The fourth-order valence-electron chi connectivity index (χ4n) is 1.80. The highest BCUT2D eigenvalue weighted by Crippen LogP contribution is 2.31. The fourth-order valence-corrected chi connectivity index (χ4v) is 1.80. The Labute approximate surface area is 101 Å². The molecular formula is C15H16O2. The number of benzene rings is 2. The van der Waals surface area contributed by atoms with Crippen molar-refractivity contribution < 1.29 is 10.2 Å². The molecule has 0 aromatic heterocycles. The smallest absolute Gasteiger partial charge is 0.119 e. The van der Waals surface area contributed by atoms with E-state index in [2.05, 4.69) is 0 Å². The molecule has 2 N–H and O–H groups in total. The third-order valence-corrected chi connectivity index (χ3v) is 3.18. The summed E-state index contributed by atoms with van der Waals surface area (Å²) < 4.78 is 0. The van der Waals surface area contributed by atoms with Gasteiger partial charge in [-0.1, -0.05) is 18.2 Å². The molecule has 2 rings (SSSR count). The highest BCUT2D eigenvalue weighted by molar-refractivity contribution is 5.69. The van der Waals surface area contributed by atoms with E-state index in [1.807, 2.05) is 39.0 Å². The van der Waals surface area contributed by atoms with Gasteiger partial charge in [-0.05, 0) is 60.7 Å². The van der Waals surface area contributed by atoms with Crippen molar-refractivity contribution in [3.05, 3.63) is 47.0 Å². The van der Waals surface area contributed by atoms with Gasteiger partial charge in [0.15, 0.2) is 0 Å². The third kappa shape index (κ3) is 2.11. The van der Waals surface area contributed by atoms with Crippen LogP contribution in [0.3, 0.4) is 0 Å². The molecule has 0 atom stereocenters. The van der Waals surface area contributed by atoms with Gasteiger partial charge < -0.3 is 10.2 Å². The Morgan fingerprint density at radius 2 is 1.35 bits per heavy atom. The highest BCUT2D eigenvalue weighted by Gasteiger charge is 2.06. The van der Waals surface area contributed by atoms with Crippen molar-refractivity contribution in [3.8, 4) is 22.6 Å². The summed E-state index contributed by atoms with van der Waals surface area (Å²) in [6.45, 7) is 5.71. The van der Waals surface area contributed by atoms with E-state index in [0.29, 0.717) is 5.75 Å². The van der Waals surface area contributed by atoms with E-state index in [0.717, 1.165) is 27.8 Å². The maximum atomic E-state index is 9.80. The lowest BCUT2D eigenvalue weighted by atomic mass is 9.98. The van der Waals surface area contributed by atoms with Gasteiger partial charge in [-0.2, -0.15) is 0 Å². The van der Waals surface area contributed by atoms with Gasteiger partial charge in [0.05, 0.1) is 0 Å². The van der Waals surface area contributed by atoms with Crippen molar-refractivity contribution in [2.24, 2.45) is 0 Å². The standard InChI is InChI=1S/C15H16O2/c1-9-4-5-12(7-14(9)16)13-6-10(2)11(3)15(17)8-13/h4-8,16-17H,1-3H3. The van der Waals surface area contributed by atoms with Gasteiger partial charge >= 0.3 is 0 Å². The first-order valence-electron chi connectivity index (χ1n) is 5.59. The fraction of sp³-hybridized carbons (Fsp3) is 0.200. The Morgan fingerprint density at radius 1 is 0.706 bits per heavy atom. The molecule has 0 spiro atoms. The second-order valence-electron chi connectivity index (χ2n) is 4.44. The molecule has 0 aliphatic heterocycles. The summed E-state index contributed by atoms with van der Waals surface area (Å²) in [6.07, 6.45) is 0. The largest absolute Gasteiger partial charge is 0.508 e. The van der Waals surface area contributed by atoms with E-state index in [1.54, 1.807) is 12.1 Å². The van der Waals surface area contributed by atoms with Crippen LogP contribution < -0.4 is 0 Å². The van der Waals surface area contributed by atoms with Crippen LogP contribution in [0.1, 0.15) is 16.7 Å². The predicted molar refractivity (Wildman–Crippen MR) is 69.4 cm³/mol. The van der Waals surface area contributed by atoms with Gasteiger partial charge in [0.1, 0.15) is 11.5 Å². The van der Waals surface area contributed by atoms with E-state index in [9.17, 15) is 10.2 Å². The highest BCUT2D eigenvalue weighted by atomic mass is 16.3. The summed E-state index contributed by atoms with van der Waals surface area (Å²) in [7, 11) is 0. The molecule has 2 heteroatoms. The van der Waals surface area contributed by atoms with Gasteiger partial charge in [-0.15, -0.1) is 0 Å². The van der Waals surface area contributed by atoms with Crippen LogP contribution in [0.2, 0.25) is 0 Å². The molecule has 2 aromatic rings. The summed E-state index contributed by atoms with van der Waals surface area (Å²) in [4.78, 5) is 0. The quantitative estimate of drug-likeness (QED) is 0.781. The molecule has 0 amide bonds. The lowest BCUT2D eigenvalue weighted by molar-refractivity contribution is 0.469. The van der Waals surface area contributed by atoms with Gasteiger partial charge in [-0.25, -0.2) is 0 Å². The van der Waals surface area contributed by atoms with Gasteiger partial charge in [0.2, 0.25) is 0 Å². The zero-order chi connectivity index (χ0) is 12.6. The lowest BCUT2D eigenvalue weighted by Gasteiger charge is -2.09. The van der Waals surface area contributed by atoms with Crippen molar-refractivity contribution in [1.82, 2.24) is 0 Å². The Hall–Kier alpha value is -1.96. The first kappa shape index (κ1) is 11.5. The molecule has 0 radical (unpaired) electrons. The average molecular weight is 228 g/mol. The number of hydrogen-bond acceptors (Lipinski definition) is 2. The zero-order valence-electron chi connectivity index (χ0n) is 10.3. The molecule has 0 heterocycles. The van der Waals surface area contributed by atoms with Crippen LogP contribution in [0.5, 0.6) is 11.5 Å². The van der Waals surface area contributed by atoms with Crippen LogP contribution in [-0.4, -0.2) is 10.2 Å². The van der Waals surface area contributed by atoms with E-state index in [-0.39, 0.29) is 5.75 Å². The number of rotatable bonds is 1. The van der Waals surface area contributed by atoms with Crippen LogP contribution in [-0.2, 0) is 0 Å². The lowest BCUT2D eigenvalue weighted by Crippen LogP contribution is -1.86. The molecular weight excluding hydrogens is 212 g/mol. The number of aromatic hydroxyl groups is 2. The van der Waals surface area contributed by atoms with Crippen molar-refractivity contribution in [3.63, 3.8) is 0 Å². The molecule has 0 fully saturated rings. The summed E-state index contributed by atoms with van der Waals surface area (Å²) >= 11 is 0. The van der Waals surface area contributed by atoms with Crippen LogP contribution in [0.25, 0.3) is 11.1 Å². The number of hydrogen-bond donors (Lipinski definition) is 2. The Bertz CT molecular complexity index is 548. The molecule has 0 saturated heterocycles. The predicted octanol–water partition coefficient (Wildman–Crippen LogP) is 3.69. The monoisotopic (exact) mass is 228 g/mol. The summed E-state index contributed by atoms with van der Waals surface area (Å²) in [5, 5.41) is 19.5. The van der Waals surface area contributed by atoms with E-state index in [1.165, 1.54) is 0 Å². The molecule has 2 aromatic carbocycles. The molecule has 0 saturated carbocycles. The van der Waals surface area contributed by atoms with Crippen LogP contribution in [0.15, 0.2) is 30.3 Å². The van der Waals surface area contributed by atoms with Crippen LogP contribution in [0, 0.1) is 20.8 Å². The summed E-state index contributed by atoms with van der Waals surface area (Å²) in [5.74, 6) is 0.570. The molecule has 0 aliphatic rings. The minimum atomic E-state index is 0.278. The molecule has 0 unspecified atom stereocenters. The van der Waals surface area contributed by atoms with Crippen molar-refractivity contribution in [1.29, 1.82) is 0 Å². The Kier molecular flexibility index (Phi) is 2.80. The van der Waals surface area contributed by atoms with Gasteiger partial charge in [0.25, 0.3) is 0 Å². The minimum Gasteiger partial charge on any atom is -0.508 e. The third-order valence-electron chi connectivity index (χ3n) is 3.18. The second-order valence-corrected chi connectivity index (χ2v) is 4.44. The van der Waals surface area contributed by atoms with Crippen LogP contribution >= 0.6 is 0 Å².